The Morgan fingerprint density at radius 3 is 2.22 bits per heavy atom. The van der Waals surface area contributed by atoms with Crippen LogP contribution in [0.4, 0.5) is 0 Å². The Labute approximate surface area is 213 Å². The molecule has 0 atom stereocenters. The average molecular weight is 486 g/mol. The lowest BCUT2D eigenvalue weighted by Gasteiger charge is -2.18. The third-order valence-corrected chi connectivity index (χ3v) is 6.38. The van der Waals surface area contributed by atoms with Gasteiger partial charge in [-0.25, -0.2) is 0 Å². The van der Waals surface area contributed by atoms with E-state index in [0.717, 1.165) is 60.5 Å². The van der Waals surface area contributed by atoms with Gasteiger partial charge in [-0.15, -0.1) is 0 Å². The van der Waals surface area contributed by atoms with Crippen molar-refractivity contribution in [3.63, 3.8) is 0 Å². The third kappa shape index (κ3) is 5.97. The van der Waals surface area contributed by atoms with Crippen molar-refractivity contribution in [1.82, 2.24) is 4.90 Å². The van der Waals surface area contributed by atoms with E-state index in [1.807, 2.05) is 60.7 Å². The number of ether oxygens (including phenoxy) is 2. The Kier molecular flexibility index (Phi) is 8.80. The van der Waals surface area contributed by atoms with Crippen LogP contribution in [0.5, 0.6) is 11.5 Å². The van der Waals surface area contributed by atoms with Crippen LogP contribution < -0.4 is 9.47 Å². The molecule has 0 unspecified atom stereocenters. The molecule has 4 aromatic rings. The number of rotatable bonds is 13. The molecule has 36 heavy (non-hydrogen) atoms. The molecule has 0 radical (unpaired) electrons. The van der Waals surface area contributed by atoms with Gasteiger partial charge in [-0.1, -0.05) is 57.5 Å². The minimum absolute atomic E-state index is 0.159. The summed E-state index contributed by atoms with van der Waals surface area (Å²) in [6.45, 7) is 10.6. The standard InChI is InChI=1S/C31H35NO4/c1-4-7-20-34-26-17-18-28-27(22-26)29(23-11-9-8-10-12-23)31(36-28)30(33)24-13-15-25(16-14-24)35-21-19-32(5-2)6-3/h8-18,22H,4-7,19-21H2,1-3H3. The first-order valence-corrected chi connectivity index (χ1v) is 12.9. The van der Waals surface area contributed by atoms with Crippen LogP contribution in [0.1, 0.15) is 49.7 Å². The fourth-order valence-corrected chi connectivity index (χ4v) is 4.22. The van der Waals surface area contributed by atoms with E-state index in [-0.39, 0.29) is 5.78 Å². The number of hydrogen-bond donors (Lipinski definition) is 0. The summed E-state index contributed by atoms with van der Waals surface area (Å²) in [5.41, 5.74) is 2.94. The van der Waals surface area contributed by atoms with Crippen LogP contribution in [-0.2, 0) is 0 Å². The molecule has 5 nitrogen and oxygen atoms in total. The normalized spacial score (nSPS) is 11.2. The molecule has 3 aromatic carbocycles. The molecule has 0 bridgehead atoms. The van der Waals surface area contributed by atoms with E-state index in [1.165, 1.54) is 0 Å². The summed E-state index contributed by atoms with van der Waals surface area (Å²) in [4.78, 5) is 15.9. The van der Waals surface area contributed by atoms with Crippen LogP contribution in [-0.4, -0.2) is 43.5 Å². The van der Waals surface area contributed by atoms with E-state index in [1.54, 1.807) is 12.1 Å². The van der Waals surface area contributed by atoms with E-state index in [4.69, 9.17) is 13.9 Å². The predicted molar refractivity (Wildman–Crippen MR) is 145 cm³/mol. The van der Waals surface area contributed by atoms with Gasteiger partial charge in [-0.2, -0.15) is 0 Å². The van der Waals surface area contributed by atoms with Crippen molar-refractivity contribution < 1.29 is 18.7 Å². The Hall–Kier alpha value is -3.57. The number of furan rings is 1. The molecule has 0 aliphatic carbocycles. The molecule has 5 heteroatoms. The predicted octanol–water partition coefficient (Wildman–Crippen LogP) is 7.23. The number of fused-ring (bicyclic) bond motifs is 1. The maximum atomic E-state index is 13.6. The second kappa shape index (κ2) is 12.4. The number of ketones is 1. The van der Waals surface area contributed by atoms with E-state index in [2.05, 4.69) is 25.7 Å². The Morgan fingerprint density at radius 2 is 1.53 bits per heavy atom. The summed E-state index contributed by atoms with van der Waals surface area (Å²) < 4.78 is 18.0. The molecular weight excluding hydrogens is 450 g/mol. The van der Waals surface area contributed by atoms with Gasteiger partial charge in [0.15, 0.2) is 5.76 Å². The second-order valence-electron chi connectivity index (χ2n) is 8.76. The highest BCUT2D eigenvalue weighted by molar-refractivity contribution is 6.15. The first-order valence-electron chi connectivity index (χ1n) is 12.9. The quantitative estimate of drug-likeness (QED) is 0.148. The molecule has 1 aromatic heterocycles. The average Bonchev–Trinajstić information content (AvgIpc) is 3.30. The number of carbonyl (C=O) groups is 1. The summed E-state index contributed by atoms with van der Waals surface area (Å²) >= 11 is 0. The number of benzene rings is 3. The van der Waals surface area contributed by atoms with Gasteiger partial charge in [0.2, 0.25) is 5.78 Å². The first kappa shape index (κ1) is 25.5. The summed E-state index contributed by atoms with van der Waals surface area (Å²) in [6.07, 6.45) is 2.06. The number of carbonyl (C=O) groups excluding carboxylic acids is 1. The largest absolute Gasteiger partial charge is 0.494 e. The smallest absolute Gasteiger partial charge is 0.228 e. The van der Waals surface area contributed by atoms with Gasteiger partial charge in [0.1, 0.15) is 23.7 Å². The summed E-state index contributed by atoms with van der Waals surface area (Å²) in [6, 6.07) is 22.9. The molecule has 0 spiro atoms. The summed E-state index contributed by atoms with van der Waals surface area (Å²) in [5.74, 6) is 1.70. The summed E-state index contributed by atoms with van der Waals surface area (Å²) in [5, 5.41) is 0.870. The second-order valence-corrected chi connectivity index (χ2v) is 8.76. The van der Waals surface area contributed by atoms with Gasteiger partial charge in [-0.3, -0.25) is 4.79 Å². The number of unbranched alkanes of at least 4 members (excludes halogenated alkanes) is 1. The van der Waals surface area contributed by atoms with Crippen molar-refractivity contribution in [2.24, 2.45) is 0 Å². The highest BCUT2D eigenvalue weighted by atomic mass is 16.5. The van der Waals surface area contributed by atoms with Crippen LogP contribution in [0, 0.1) is 0 Å². The summed E-state index contributed by atoms with van der Waals surface area (Å²) in [7, 11) is 0. The lowest BCUT2D eigenvalue weighted by molar-refractivity contribution is 0.101. The molecule has 0 amide bonds. The van der Waals surface area contributed by atoms with Crippen molar-refractivity contribution in [3.05, 3.63) is 84.1 Å². The maximum absolute atomic E-state index is 13.6. The first-order chi connectivity index (χ1) is 17.6. The van der Waals surface area contributed by atoms with Crippen LogP contribution >= 0.6 is 0 Å². The number of hydrogen-bond acceptors (Lipinski definition) is 5. The highest BCUT2D eigenvalue weighted by Crippen LogP contribution is 2.38. The molecule has 188 valence electrons. The zero-order chi connectivity index (χ0) is 25.3. The maximum Gasteiger partial charge on any atom is 0.228 e. The molecule has 0 fully saturated rings. The minimum Gasteiger partial charge on any atom is -0.494 e. The Bertz CT molecular complexity index is 1260. The number of likely N-dealkylation sites (N-methyl/N-ethyl adjacent to an activating group) is 1. The molecular formula is C31H35NO4. The SMILES string of the molecule is CCCCOc1ccc2oc(C(=O)c3ccc(OCCN(CC)CC)cc3)c(-c3ccccc3)c2c1. The molecule has 0 saturated carbocycles. The fraction of sp³-hybridized carbons (Fsp3) is 0.323. The molecule has 0 aliphatic heterocycles. The van der Waals surface area contributed by atoms with Gasteiger partial charge in [-0.05, 0) is 67.5 Å². The van der Waals surface area contributed by atoms with Gasteiger partial charge >= 0.3 is 0 Å². The van der Waals surface area contributed by atoms with Crippen LogP contribution in [0.25, 0.3) is 22.1 Å². The molecule has 4 rings (SSSR count). The van der Waals surface area contributed by atoms with Crippen molar-refractivity contribution >= 4 is 16.8 Å². The van der Waals surface area contributed by atoms with E-state index in [9.17, 15) is 4.79 Å². The van der Waals surface area contributed by atoms with Crippen molar-refractivity contribution in [1.29, 1.82) is 0 Å². The zero-order valence-electron chi connectivity index (χ0n) is 21.5. The van der Waals surface area contributed by atoms with Crippen LogP contribution in [0.3, 0.4) is 0 Å². The van der Waals surface area contributed by atoms with E-state index in [0.29, 0.717) is 30.1 Å². The van der Waals surface area contributed by atoms with Gasteiger partial charge in [0, 0.05) is 23.1 Å². The topological polar surface area (TPSA) is 51.9 Å². The van der Waals surface area contributed by atoms with Crippen molar-refractivity contribution in [2.75, 3.05) is 32.8 Å². The zero-order valence-corrected chi connectivity index (χ0v) is 21.5. The monoisotopic (exact) mass is 485 g/mol. The lowest BCUT2D eigenvalue weighted by Crippen LogP contribution is -2.27. The van der Waals surface area contributed by atoms with Crippen LogP contribution in [0.2, 0.25) is 0 Å². The molecule has 1 heterocycles. The van der Waals surface area contributed by atoms with Crippen molar-refractivity contribution in [2.45, 2.75) is 33.6 Å². The molecule has 0 saturated heterocycles. The Morgan fingerprint density at radius 1 is 0.833 bits per heavy atom. The fourth-order valence-electron chi connectivity index (χ4n) is 4.22. The van der Waals surface area contributed by atoms with Crippen LogP contribution in [0.15, 0.2) is 77.2 Å². The molecule has 0 N–H and O–H groups in total. The van der Waals surface area contributed by atoms with Gasteiger partial charge in [0.05, 0.1) is 6.61 Å². The van der Waals surface area contributed by atoms with E-state index < -0.39 is 0 Å². The van der Waals surface area contributed by atoms with Crippen molar-refractivity contribution in [3.8, 4) is 22.6 Å². The highest BCUT2D eigenvalue weighted by Gasteiger charge is 2.23. The van der Waals surface area contributed by atoms with E-state index >= 15 is 0 Å². The minimum atomic E-state index is -0.159. The Balaban J connectivity index is 1.61. The third-order valence-electron chi connectivity index (χ3n) is 6.38. The lowest BCUT2D eigenvalue weighted by atomic mass is 9.98. The number of nitrogens with zero attached hydrogens (tertiary/aromatic N) is 1. The van der Waals surface area contributed by atoms with Gasteiger partial charge in [0.25, 0.3) is 0 Å². The van der Waals surface area contributed by atoms with Gasteiger partial charge < -0.3 is 18.8 Å². The molecule has 0 aliphatic rings.